The highest BCUT2D eigenvalue weighted by atomic mass is 19.4. The zero-order valence-corrected chi connectivity index (χ0v) is 20.8. The molecule has 2 amide bonds. The molecule has 2 aromatic rings. The predicted octanol–water partition coefficient (Wildman–Crippen LogP) is 7.51. The number of hydrogen-bond acceptors (Lipinski definition) is 3. The first kappa shape index (κ1) is 28.8. The van der Waals surface area contributed by atoms with Gasteiger partial charge >= 0.3 is 18.4 Å². The van der Waals surface area contributed by atoms with Crippen LogP contribution in [0.15, 0.2) is 36.4 Å². The van der Waals surface area contributed by atoms with Crippen molar-refractivity contribution in [1.82, 2.24) is 4.90 Å². The molecule has 204 valence electrons. The Balaban J connectivity index is 2.10. The number of ether oxygens (including phenoxy) is 1. The molecule has 0 N–H and O–H groups in total. The fourth-order valence-electron chi connectivity index (χ4n) is 4.36. The lowest BCUT2D eigenvalue weighted by Crippen LogP contribution is -2.34. The first-order valence-electron chi connectivity index (χ1n) is 11.7. The minimum atomic E-state index is -5.03. The molecule has 0 aromatic heterocycles. The van der Waals surface area contributed by atoms with E-state index in [1.807, 2.05) is 0 Å². The highest BCUT2D eigenvalue weighted by Crippen LogP contribution is 2.41. The topological polar surface area (TPSA) is 54.2 Å². The largest absolute Gasteiger partial charge is 0.446 e. The lowest BCUT2D eigenvalue weighted by molar-refractivity contribution is -0.143. The van der Waals surface area contributed by atoms with Crippen LogP contribution in [-0.2, 0) is 28.4 Å². The Kier molecular flexibility index (Phi) is 8.29. The number of carbonyl (C=O) groups is 2. The van der Waals surface area contributed by atoms with Gasteiger partial charge in [-0.1, -0.05) is 12.1 Å². The molecule has 0 bridgehead atoms. The molecule has 1 atom stereocenters. The van der Waals surface area contributed by atoms with Gasteiger partial charge in [0.05, 0.1) is 29.8 Å². The van der Waals surface area contributed by atoms with Crippen molar-refractivity contribution in [3.8, 4) is 0 Å². The summed E-state index contributed by atoms with van der Waals surface area (Å²) in [5, 5.41) is 0. The Morgan fingerprint density at radius 1 is 1.08 bits per heavy atom. The summed E-state index contributed by atoms with van der Waals surface area (Å²) in [7, 11) is 0. The molecule has 0 spiro atoms. The maximum absolute atomic E-state index is 13.4. The molecule has 1 aliphatic rings. The third-order valence-corrected chi connectivity index (χ3v) is 5.99. The lowest BCUT2D eigenvalue weighted by atomic mass is 9.97. The molecule has 0 saturated heterocycles. The Hall–Kier alpha value is -3.75. The van der Waals surface area contributed by atoms with Crippen LogP contribution in [0.4, 0.5) is 42.5 Å². The van der Waals surface area contributed by atoms with E-state index in [1.165, 1.54) is 34.9 Å². The summed E-state index contributed by atoms with van der Waals surface area (Å²) in [5.74, 6) is -0.584. The Morgan fingerprint density at radius 3 is 2.18 bits per heavy atom. The molecular formula is C26H25F6N3O3. The van der Waals surface area contributed by atoms with Gasteiger partial charge in [-0.25, -0.2) is 9.64 Å². The average Bonchev–Trinajstić information content (AvgIpc) is 2.99. The standard InChI is InChI=1S/C26H25F6N3O3/c1-15(2)38-24(37)34-9-5-6-22(21-8-7-20(33-4)13-23(21)34)35(16(3)36)14-17-10-18(25(27,28)29)12-19(11-17)26(30,31)32/h7-8,10-13,15,22H,5-6,9,14H2,1-3H3. The summed E-state index contributed by atoms with van der Waals surface area (Å²) in [6, 6.07) is 4.90. The highest BCUT2D eigenvalue weighted by molar-refractivity contribution is 5.90. The Labute approximate surface area is 215 Å². The van der Waals surface area contributed by atoms with Gasteiger partial charge < -0.3 is 9.64 Å². The number of carbonyl (C=O) groups excluding carboxylic acids is 2. The van der Waals surface area contributed by atoms with Gasteiger partial charge in [-0.15, -0.1) is 0 Å². The van der Waals surface area contributed by atoms with Gasteiger partial charge in [0.15, 0.2) is 5.69 Å². The second kappa shape index (κ2) is 10.9. The van der Waals surface area contributed by atoms with Crippen molar-refractivity contribution in [3.63, 3.8) is 0 Å². The fraction of sp³-hybridized carbons (Fsp3) is 0.423. The van der Waals surface area contributed by atoms with E-state index in [0.29, 0.717) is 24.1 Å². The number of fused-ring (bicyclic) bond motifs is 1. The SMILES string of the molecule is [C-]#[N+]c1ccc2c(c1)N(C(=O)OC(C)C)CCCC2N(Cc1cc(C(F)(F)F)cc(C(F)(F)F)c1)C(C)=O. The number of rotatable bonds is 4. The van der Waals surface area contributed by atoms with Gasteiger partial charge in [-0.05, 0) is 62.1 Å². The smallest absolute Gasteiger partial charge is 0.416 e. The number of hydrogen-bond donors (Lipinski definition) is 0. The highest BCUT2D eigenvalue weighted by Gasteiger charge is 2.38. The average molecular weight is 541 g/mol. The molecule has 0 radical (unpaired) electrons. The van der Waals surface area contributed by atoms with E-state index >= 15 is 0 Å². The van der Waals surface area contributed by atoms with E-state index in [4.69, 9.17) is 11.3 Å². The monoisotopic (exact) mass is 541 g/mol. The third-order valence-electron chi connectivity index (χ3n) is 5.99. The molecule has 6 nitrogen and oxygen atoms in total. The van der Waals surface area contributed by atoms with E-state index in [0.717, 1.165) is 0 Å². The Bertz CT molecular complexity index is 1220. The molecule has 1 aliphatic heterocycles. The van der Waals surface area contributed by atoms with Crippen molar-refractivity contribution in [2.24, 2.45) is 0 Å². The van der Waals surface area contributed by atoms with Crippen LogP contribution in [0.5, 0.6) is 0 Å². The number of anilines is 1. The minimum Gasteiger partial charge on any atom is -0.446 e. The first-order chi connectivity index (χ1) is 17.6. The summed E-state index contributed by atoms with van der Waals surface area (Å²) in [6.45, 7) is 11.5. The zero-order valence-electron chi connectivity index (χ0n) is 20.8. The number of nitrogens with zero attached hydrogens (tertiary/aromatic N) is 3. The molecule has 12 heteroatoms. The fourth-order valence-corrected chi connectivity index (χ4v) is 4.36. The van der Waals surface area contributed by atoms with Crippen LogP contribution in [0.2, 0.25) is 0 Å². The van der Waals surface area contributed by atoms with Crippen molar-refractivity contribution in [2.45, 2.75) is 64.7 Å². The van der Waals surface area contributed by atoms with Crippen LogP contribution in [-0.4, -0.2) is 29.5 Å². The molecule has 1 heterocycles. The quantitative estimate of drug-likeness (QED) is 0.297. The van der Waals surface area contributed by atoms with E-state index in [9.17, 15) is 35.9 Å². The van der Waals surface area contributed by atoms with Crippen LogP contribution >= 0.6 is 0 Å². The summed E-state index contributed by atoms with van der Waals surface area (Å²) in [4.78, 5) is 31.5. The maximum Gasteiger partial charge on any atom is 0.416 e. The second-order valence-electron chi connectivity index (χ2n) is 9.16. The molecule has 2 aromatic carbocycles. The van der Waals surface area contributed by atoms with Gasteiger partial charge in [0.2, 0.25) is 5.91 Å². The number of benzene rings is 2. The molecule has 1 unspecified atom stereocenters. The van der Waals surface area contributed by atoms with Crippen LogP contribution in [0.3, 0.4) is 0 Å². The molecular weight excluding hydrogens is 516 g/mol. The molecule has 0 saturated carbocycles. The van der Waals surface area contributed by atoms with Crippen molar-refractivity contribution in [2.75, 3.05) is 11.4 Å². The number of amides is 2. The van der Waals surface area contributed by atoms with Crippen LogP contribution in [0, 0.1) is 6.57 Å². The summed E-state index contributed by atoms with van der Waals surface area (Å²) >= 11 is 0. The second-order valence-corrected chi connectivity index (χ2v) is 9.16. The van der Waals surface area contributed by atoms with Crippen molar-refractivity contribution in [3.05, 3.63) is 70.1 Å². The predicted molar refractivity (Wildman–Crippen MR) is 126 cm³/mol. The van der Waals surface area contributed by atoms with E-state index in [-0.39, 0.29) is 36.0 Å². The first-order valence-corrected chi connectivity index (χ1v) is 11.7. The molecule has 3 rings (SSSR count). The maximum atomic E-state index is 13.4. The van der Waals surface area contributed by atoms with Crippen molar-refractivity contribution < 1.29 is 40.7 Å². The summed E-state index contributed by atoms with van der Waals surface area (Å²) < 4.78 is 85.7. The summed E-state index contributed by atoms with van der Waals surface area (Å²) in [5.41, 5.74) is -2.38. The summed E-state index contributed by atoms with van der Waals surface area (Å²) in [6.07, 6.45) is -10.6. The van der Waals surface area contributed by atoms with Crippen molar-refractivity contribution >= 4 is 23.4 Å². The van der Waals surface area contributed by atoms with Gasteiger partial charge in [0, 0.05) is 25.7 Å². The Morgan fingerprint density at radius 2 is 1.68 bits per heavy atom. The van der Waals surface area contributed by atoms with Crippen LogP contribution < -0.4 is 4.90 Å². The normalized spacial score (nSPS) is 15.9. The van der Waals surface area contributed by atoms with Gasteiger partial charge in [0.25, 0.3) is 0 Å². The van der Waals surface area contributed by atoms with Gasteiger partial charge in [-0.2, -0.15) is 26.3 Å². The third kappa shape index (κ3) is 6.57. The zero-order chi connectivity index (χ0) is 28.4. The van der Waals surface area contributed by atoms with E-state index in [1.54, 1.807) is 13.8 Å². The van der Waals surface area contributed by atoms with E-state index in [2.05, 4.69) is 4.85 Å². The van der Waals surface area contributed by atoms with E-state index < -0.39 is 54.2 Å². The van der Waals surface area contributed by atoms with Crippen LogP contribution in [0.1, 0.15) is 61.9 Å². The van der Waals surface area contributed by atoms with Gasteiger partial charge in [0.1, 0.15) is 0 Å². The molecule has 0 aliphatic carbocycles. The van der Waals surface area contributed by atoms with Crippen LogP contribution in [0.25, 0.3) is 4.85 Å². The minimum absolute atomic E-state index is 0.0344. The van der Waals surface area contributed by atoms with Gasteiger partial charge in [-0.3, -0.25) is 9.69 Å². The molecule has 0 fully saturated rings. The lowest BCUT2D eigenvalue weighted by Gasteiger charge is -2.32. The number of halogens is 6. The van der Waals surface area contributed by atoms with Crippen molar-refractivity contribution in [1.29, 1.82) is 0 Å². The molecule has 38 heavy (non-hydrogen) atoms. The number of alkyl halides is 6.